The van der Waals surface area contributed by atoms with E-state index in [0.717, 1.165) is 29.7 Å². The molecule has 7 nitrogen and oxygen atoms in total. The van der Waals surface area contributed by atoms with Crippen LogP contribution < -0.4 is 10.6 Å². The Hall–Kier alpha value is -3.06. The standard InChI is InChI=1S/C27H32ClN3O4/c1-26(2,3)35-25(34)30-13-11-16(12-14-30)17-9-10-18-21(15-17)31(24(33)27(18,4)5)20-8-6-7-19(28)22(20)23(29)32/h6-10,15-16H,11-14H2,1-5H3,(H2,29,32). The molecule has 1 saturated heterocycles. The van der Waals surface area contributed by atoms with Crippen molar-refractivity contribution in [2.75, 3.05) is 18.0 Å². The van der Waals surface area contributed by atoms with Gasteiger partial charge in [-0.3, -0.25) is 14.5 Å². The number of primary amides is 1. The van der Waals surface area contributed by atoms with Crippen LogP contribution in [0.5, 0.6) is 0 Å². The number of piperidine rings is 1. The highest BCUT2D eigenvalue weighted by atomic mass is 35.5. The molecule has 0 radical (unpaired) electrons. The number of amides is 3. The predicted octanol–water partition coefficient (Wildman–Crippen LogP) is 5.51. The molecule has 0 aliphatic carbocycles. The van der Waals surface area contributed by atoms with Crippen LogP contribution in [0.1, 0.15) is 74.9 Å². The molecule has 0 atom stereocenters. The van der Waals surface area contributed by atoms with E-state index in [4.69, 9.17) is 22.1 Å². The van der Waals surface area contributed by atoms with Crippen LogP contribution in [0.3, 0.4) is 0 Å². The van der Waals surface area contributed by atoms with Crippen LogP contribution in [0.4, 0.5) is 16.2 Å². The normalized spacial score (nSPS) is 17.9. The van der Waals surface area contributed by atoms with Gasteiger partial charge in [-0.05, 0) is 82.7 Å². The third-order valence-electron chi connectivity index (χ3n) is 6.77. The number of benzene rings is 2. The van der Waals surface area contributed by atoms with Crippen LogP contribution in [0, 0.1) is 0 Å². The Kier molecular flexibility index (Phi) is 6.34. The minimum absolute atomic E-state index is 0.127. The number of carbonyl (C=O) groups excluding carboxylic acids is 3. The summed E-state index contributed by atoms with van der Waals surface area (Å²) in [4.78, 5) is 41.5. The van der Waals surface area contributed by atoms with Gasteiger partial charge in [-0.1, -0.05) is 29.8 Å². The van der Waals surface area contributed by atoms with Crippen molar-refractivity contribution >= 4 is 40.9 Å². The minimum atomic E-state index is -0.773. The third-order valence-corrected chi connectivity index (χ3v) is 7.09. The second-order valence-electron chi connectivity index (χ2n) is 10.8. The Labute approximate surface area is 211 Å². The number of anilines is 2. The number of likely N-dealkylation sites (tertiary alicyclic amines) is 1. The number of carbonyl (C=O) groups is 3. The van der Waals surface area contributed by atoms with Crippen LogP contribution in [-0.2, 0) is 14.9 Å². The first kappa shape index (κ1) is 25.0. The topological polar surface area (TPSA) is 92.9 Å². The molecule has 0 unspecified atom stereocenters. The fourth-order valence-corrected chi connectivity index (χ4v) is 5.19. The Balaban J connectivity index is 1.65. The molecule has 0 saturated carbocycles. The maximum atomic E-state index is 13.6. The van der Waals surface area contributed by atoms with Gasteiger partial charge in [0.15, 0.2) is 0 Å². The molecule has 3 amide bonds. The monoisotopic (exact) mass is 497 g/mol. The molecule has 0 aromatic heterocycles. The lowest BCUT2D eigenvalue weighted by molar-refractivity contribution is -0.121. The molecule has 2 aliphatic rings. The number of hydrogen-bond donors (Lipinski definition) is 1. The summed E-state index contributed by atoms with van der Waals surface area (Å²) in [6, 6.07) is 11.1. The first-order chi connectivity index (χ1) is 16.3. The molecular weight excluding hydrogens is 466 g/mol. The van der Waals surface area contributed by atoms with Gasteiger partial charge in [-0.2, -0.15) is 0 Å². The third kappa shape index (κ3) is 4.61. The molecule has 0 bridgehead atoms. The van der Waals surface area contributed by atoms with Crippen molar-refractivity contribution in [3.63, 3.8) is 0 Å². The number of hydrogen-bond acceptors (Lipinski definition) is 4. The largest absolute Gasteiger partial charge is 0.444 e. The van der Waals surface area contributed by atoms with E-state index in [1.54, 1.807) is 28.0 Å². The number of nitrogens with zero attached hydrogens (tertiary/aromatic N) is 2. The summed E-state index contributed by atoms with van der Waals surface area (Å²) in [6.45, 7) is 10.5. The summed E-state index contributed by atoms with van der Waals surface area (Å²) in [7, 11) is 0. The lowest BCUT2D eigenvalue weighted by Gasteiger charge is -2.34. The van der Waals surface area contributed by atoms with Crippen LogP contribution in [0.2, 0.25) is 5.02 Å². The predicted molar refractivity (Wildman–Crippen MR) is 136 cm³/mol. The van der Waals surface area contributed by atoms with E-state index in [1.165, 1.54) is 0 Å². The lowest BCUT2D eigenvalue weighted by Crippen LogP contribution is -2.41. The zero-order valence-electron chi connectivity index (χ0n) is 20.9. The molecule has 186 valence electrons. The van der Waals surface area contributed by atoms with Crippen molar-refractivity contribution in [3.05, 3.63) is 58.1 Å². The van der Waals surface area contributed by atoms with E-state index >= 15 is 0 Å². The maximum absolute atomic E-state index is 13.6. The Bertz CT molecular complexity index is 1190. The van der Waals surface area contributed by atoms with E-state index < -0.39 is 16.9 Å². The van der Waals surface area contributed by atoms with Gasteiger partial charge >= 0.3 is 6.09 Å². The van der Waals surface area contributed by atoms with Crippen molar-refractivity contribution in [2.45, 2.75) is 64.4 Å². The fraction of sp³-hybridized carbons (Fsp3) is 0.444. The highest BCUT2D eigenvalue weighted by Crippen LogP contribution is 2.48. The Morgan fingerprint density at radius 3 is 2.34 bits per heavy atom. The van der Waals surface area contributed by atoms with Crippen molar-refractivity contribution < 1.29 is 19.1 Å². The second kappa shape index (κ2) is 8.86. The van der Waals surface area contributed by atoms with Gasteiger partial charge in [0.2, 0.25) is 5.91 Å². The minimum Gasteiger partial charge on any atom is -0.444 e. The zero-order valence-corrected chi connectivity index (χ0v) is 21.6. The highest BCUT2D eigenvalue weighted by molar-refractivity contribution is 6.35. The van der Waals surface area contributed by atoms with E-state index in [0.29, 0.717) is 18.8 Å². The highest BCUT2D eigenvalue weighted by Gasteiger charge is 2.46. The Morgan fingerprint density at radius 2 is 1.74 bits per heavy atom. The average Bonchev–Trinajstić information content (AvgIpc) is 2.97. The molecular formula is C27H32ClN3O4. The van der Waals surface area contributed by atoms with Gasteiger partial charge in [-0.25, -0.2) is 4.79 Å². The molecule has 2 heterocycles. The van der Waals surface area contributed by atoms with Crippen LogP contribution >= 0.6 is 11.6 Å². The smallest absolute Gasteiger partial charge is 0.410 e. The van der Waals surface area contributed by atoms with Crippen molar-refractivity contribution in [2.24, 2.45) is 5.73 Å². The zero-order chi connectivity index (χ0) is 25.7. The molecule has 35 heavy (non-hydrogen) atoms. The van der Waals surface area contributed by atoms with Crippen molar-refractivity contribution in [3.8, 4) is 0 Å². The van der Waals surface area contributed by atoms with Gasteiger partial charge in [0.25, 0.3) is 5.91 Å². The van der Waals surface area contributed by atoms with Gasteiger partial charge in [0, 0.05) is 13.1 Å². The maximum Gasteiger partial charge on any atom is 0.410 e. The lowest BCUT2D eigenvalue weighted by atomic mass is 9.83. The summed E-state index contributed by atoms with van der Waals surface area (Å²) < 4.78 is 5.51. The molecule has 4 rings (SSSR count). The number of nitrogens with two attached hydrogens (primary N) is 1. The van der Waals surface area contributed by atoms with E-state index in [2.05, 4.69) is 6.07 Å². The molecule has 8 heteroatoms. The number of ether oxygens (including phenoxy) is 1. The van der Waals surface area contributed by atoms with Crippen molar-refractivity contribution in [1.29, 1.82) is 0 Å². The van der Waals surface area contributed by atoms with Gasteiger partial charge < -0.3 is 15.4 Å². The molecule has 0 spiro atoms. The summed E-state index contributed by atoms with van der Waals surface area (Å²) in [5.74, 6) is -0.598. The van der Waals surface area contributed by atoms with Crippen LogP contribution in [0.15, 0.2) is 36.4 Å². The summed E-state index contributed by atoms with van der Waals surface area (Å²) in [6.07, 6.45) is 1.29. The van der Waals surface area contributed by atoms with Gasteiger partial charge in [0.05, 0.1) is 27.4 Å². The van der Waals surface area contributed by atoms with Crippen LogP contribution in [0.25, 0.3) is 0 Å². The number of rotatable bonds is 3. The van der Waals surface area contributed by atoms with Gasteiger partial charge in [-0.15, -0.1) is 0 Å². The molecule has 2 aromatic carbocycles. The molecule has 2 aromatic rings. The summed E-state index contributed by atoms with van der Waals surface area (Å²) in [5.41, 5.74) is 7.55. The molecule has 2 aliphatic heterocycles. The average molecular weight is 498 g/mol. The van der Waals surface area contributed by atoms with E-state index in [-0.39, 0.29) is 28.5 Å². The summed E-state index contributed by atoms with van der Waals surface area (Å²) in [5, 5.41) is 0.208. The van der Waals surface area contributed by atoms with E-state index in [9.17, 15) is 14.4 Å². The van der Waals surface area contributed by atoms with Gasteiger partial charge in [0.1, 0.15) is 5.60 Å². The van der Waals surface area contributed by atoms with Crippen LogP contribution in [-0.4, -0.2) is 41.5 Å². The molecule has 1 fully saturated rings. The first-order valence-corrected chi connectivity index (χ1v) is 12.2. The quantitative estimate of drug-likeness (QED) is 0.605. The summed E-state index contributed by atoms with van der Waals surface area (Å²) >= 11 is 6.30. The number of fused-ring (bicyclic) bond motifs is 1. The van der Waals surface area contributed by atoms with E-state index in [1.807, 2.05) is 46.8 Å². The first-order valence-electron chi connectivity index (χ1n) is 11.9. The van der Waals surface area contributed by atoms with Crippen molar-refractivity contribution in [1.82, 2.24) is 4.90 Å². The number of halogens is 1. The molecule has 2 N–H and O–H groups in total. The second-order valence-corrected chi connectivity index (χ2v) is 11.2. The SMILES string of the molecule is CC(C)(C)OC(=O)N1CCC(c2ccc3c(c2)N(c2cccc(Cl)c2C(N)=O)C(=O)C3(C)C)CC1. The fourth-order valence-electron chi connectivity index (χ4n) is 4.92. The Morgan fingerprint density at radius 1 is 1.09 bits per heavy atom.